The van der Waals surface area contributed by atoms with Gasteiger partial charge in [-0.2, -0.15) is 5.26 Å². The van der Waals surface area contributed by atoms with Crippen LogP contribution in [-0.4, -0.2) is 19.6 Å². The molecule has 4 rings (SSSR count). The second kappa shape index (κ2) is 6.52. The minimum Gasteiger partial charge on any atom is -0.457 e. The standard InChI is InChI=1S/C20H16F3NO3S/c21-13-6-12(11-24)7-14(8-13)27-18-4-5-19(28(25,26)15-2-1-3-15)17-10-20(22,23)9-16(17)18/h4-8,15H,1-3,9-10H2. The molecule has 146 valence electrons. The van der Waals surface area contributed by atoms with Crippen LogP contribution in [0.5, 0.6) is 11.5 Å². The highest BCUT2D eigenvalue weighted by Crippen LogP contribution is 2.45. The zero-order valence-electron chi connectivity index (χ0n) is 14.7. The third kappa shape index (κ3) is 3.24. The summed E-state index contributed by atoms with van der Waals surface area (Å²) in [7, 11) is -3.68. The monoisotopic (exact) mass is 407 g/mol. The molecule has 1 saturated carbocycles. The van der Waals surface area contributed by atoms with Crippen LogP contribution in [0.15, 0.2) is 35.2 Å². The lowest BCUT2D eigenvalue weighted by Gasteiger charge is -2.26. The summed E-state index contributed by atoms with van der Waals surface area (Å²) in [5.41, 5.74) is 0.223. The highest BCUT2D eigenvalue weighted by Gasteiger charge is 2.44. The van der Waals surface area contributed by atoms with Crippen LogP contribution in [0.25, 0.3) is 0 Å². The Bertz CT molecular complexity index is 1100. The van der Waals surface area contributed by atoms with Crippen LogP contribution in [0.3, 0.4) is 0 Å². The molecule has 1 fully saturated rings. The molecule has 0 amide bonds. The van der Waals surface area contributed by atoms with Gasteiger partial charge in [0.2, 0.25) is 0 Å². The van der Waals surface area contributed by atoms with E-state index in [9.17, 15) is 21.6 Å². The molecule has 4 nitrogen and oxygen atoms in total. The second-order valence-corrected chi connectivity index (χ2v) is 9.41. The first-order chi connectivity index (χ1) is 13.2. The molecule has 2 aliphatic rings. The topological polar surface area (TPSA) is 67.2 Å². The van der Waals surface area contributed by atoms with Crippen LogP contribution in [0.1, 0.15) is 36.0 Å². The van der Waals surface area contributed by atoms with Crippen molar-refractivity contribution >= 4 is 9.84 Å². The van der Waals surface area contributed by atoms with Crippen LogP contribution >= 0.6 is 0 Å². The maximum atomic E-state index is 14.2. The molecule has 0 aliphatic heterocycles. The van der Waals surface area contributed by atoms with Gasteiger partial charge in [-0.1, -0.05) is 6.42 Å². The van der Waals surface area contributed by atoms with E-state index in [0.717, 1.165) is 18.6 Å². The Balaban J connectivity index is 1.78. The summed E-state index contributed by atoms with van der Waals surface area (Å²) in [5, 5.41) is 8.42. The van der Waals surface area contributed by atoms with Crippen molar-refractivity contribution in [2.75, 3.05) is 0 Å². The number of hydrogen-bond acceptors (Lipinski definition) is 4. The van der Waals surface area contributed by atoms with E-state index in [1.54, 1.807) is 6.07 Å². The van der Waals surface area contributed by atoms with Crippen LogP contribution in [0, 0.1) is 17.1 Å². The van der Waals surface area contributed by atoms with E-state index in [1.807, 2.05) is 0 Å². The molecule has 0 unspecified atom stereocenters. The Morgan fingerprint density at radius 3 is 2.46 bits per heavy atom. The highest BCUT2D eigenvalue weighted by atomic mass is 32.2. The number of hydrogen-bond donors (Lipinski definition) is 0. The third-order valence-electron chi connectivity index (χ3n) is 5.24. The van der Waals surface area contributed by atoms with Crippen molar-refractivity contribution in [3.05, 3.63) is 52.8 Å². The normalized spacial score (nSPS) is 18.2. The maximum absolute atomic E-state index is 14.2. The van der Waals surface area contributed by atoms with Crippen LogP contribution in [-0.2, 0) is 22.7 Å². The van der Waals surface area contributed by atoms with Gasteiger partial charge in [-0.15, -0.1) is 0 Å². The Morgan fingerprint density at radius 1 is 1.11 bits per heavy atom. The molecule has 0 N–H and O–H groups in total. The van der Waals surface area contributed by atoms with Crippen molar-refractivity contribution in [3.8, 4) is 17.6 Å². The Morgan fingerprint density at radius 2 is 1.82 bits per heavy atom. The van der Waals surface area contributed by atoms with Crippen LogP contribution in [0.4, 0.5) is 13.2 Å². The van der Waals surface area contributed by atoms with E-state index in [0.29, 0.717) is 12.8 Å². The zero-order chi connectivity index (χ0) is 20.1. The third-order valence-corrected chi connectivity index (χ3v) is 7.59. The predicted molar refractivity (Wildman–Crippen MR) is 94.8 cm³/mol. The summed E-state index contributed by atoms with van der Waals surface area (Å²) in [6.45, 7) is 0. The van der Waals surface area contributed by atoms with Gasteiger partial charge in [0.25, 0.3) is 5.92 Å². The van der Waals surface area contributed by atoms with E-state index in [-0.39, 0.29) is 33.1 Å². The van der Waals surface area contributed by atoms with E-state index < -0.39 is 39.7 Å². The largest absolute Gasteiger partial charge is 0.457 e. The number of fused-ring (bicyclic) bond motifs is 1. The molecule has 2 aliphatic carbocycles. The van der Waals surface area contributed by atoms with Crippen molar-refractivity contribution in [3.63, 3.8) is 0 Å². The fourth-order valence-corrected chi connectivity index (χ4v) is 5.76. The quantitative estimate of drug-likeness (QED) is 0.746. The molecule has 2 aromatic carbocycles. The molecule has 0 bridgehead atoms. The van der Waals surface area contributed by atoms with Gasteiger partial charge < -0.3 is 4.74 Å². The molecule has 0 aromatic heterocycles. The molecule has 28 heavy (non-hydrogen) atoms. The number of halogens is 3. The first-order valence-electron chi connectivity index (χ1n) is 8.85. The fourth-order valence-electron chi connectivity index (χ4n) is 3.65. The average Bonchev–Trinajstić information content (AvgIpc) is 2.87. The number of sulfone groups is 1. The predicted octanol–water partition coefficient (Wildman–Crippen LogP) is 4.55. The first kappa shape index (κ1) is 18.8. The number of nitriles is 1. The Hall–Kier alpha value is -2.53. The van der Waals surface area contributed by atoms with Gasteiger partial charge in [0.05, 0.1) is 21.8 Å². The molecule has 0 saturated heterocycles. The number of alkyl halides is 2. The Kier molecular flexibility index (Phi) is 4.38. The molecule has 2 aromatic rings. The van der Waals surface area contributed by atoms with Gasteiger partial charge >= 0.3 is 0 Å². The van der Waals surface area contributed by atoms with Crippen molar-refractivity contribution in [2.45, 2.75) is 48.2 Å². The lowest BCUT2D eigenvalue weighted by Crippen LogP contribution is -2.29. The van der Waals surface area contributed by atoms with E-state index in [4.69, 9.17) is 10.00 Å². The molecule has 0 heterocycles. The van der Waals surface area contributed by atoms with Gasteiger partial charge in [0, 0.05) is 24.5 Å². The number of rotatable bonds is 4. The lowest BCUT2D eigenvalue weighted by atomic mass is 10.00. The van der Waals surface area contributed by atoms with E-state index >= 15 is 0 Å². The highest BCUT2D eigenvalue weighted by molar-refractivity contribution is 7.92. The number of benzene rings is 2. The van der Waals surface area contributed by atoms with Gasteiger partial charge in [0.1, 0.15) is 17.3 Å². The second-order valence-electron chi connectivity index (χ2n) is 7.22. The van der Waals surface area contributed by atoms with Crippen LogP contribution in [0.2, 0.25) is 0 Å². The van der Waals surface area contributed by atoms with Gasteiger partial charge in [-0.25, -0.2) is 21.6 Å². The number of nitrogens with zero attached hydrogens (tertiary/aromatic N) is 1. The summed E-state index contributed by atoms with van der Waals surface area (Å²) < 4.78 is 73.1. The molecule has 0 atom stereocenters. The summed E-state index contributed by atoms with van der Waals surface area (Å²) in [6.07, 6.45) is 0.557. The molecular weight excluding hydrogens is 391 g/mol. The summed E-state index contributed by atoms with van der Waals surface area (Å²) in [5.74, 6) is -3.73. The van der Waals surface area contributed by atoms with Crippen LogP contribution < -0.4 is 4.74 Å². The smallest absolute Gasteiger partial charge is 0.256 e. The molecule has 8 heteroatoms. The first-order valence-corrected chi connectivity index (χ1v) is 10.4. The number of ether oxygens (including phenoxy) is 1. The van der Waals surface area contributed by atoms with Crippen molar-refractivity contribution in [1.29, 1.82) is 5.26 Å². The fraction of sp³-hybridized carbons (Fsp3) is 0.350. The summed E-state index contributed by atoms with van der Waals surface area (Å²) in [6, 6.07) is 7.79. The molecule has 0 spiro atoms. The summed E-state index contributed by atoms with van der Waals surface area (Å²) in [4.78, 5) is -0.0614. The average molecular weight is 407 g/mol. The SMILES string of the molecule is N#Cc1cc(F)cc(Oc2ccc(S(=O)(=O)C3CCC3)c3c2CC(F)(F)C3)c1. The summed E-state index contributed by atoms with van der Waals surface area (Å²) >= 11 is 0. The van der Waals surface area contributed by atoms with Gasteiger partial charge in [0.15, 0.2) is 9.84 Å². The van der Waals surface area contributed by atoms with Gasteiger partial charge in [-0.05, 0) is 42.7 Å². The Labute approximate surface area is 160 Å². The van der Waals surface area contributed by atoms with E-state index in [1.165, 1.54) is 18.2 Å². The maximum Gasteiger partial charge on any atom is 0.256 e. The van der Waals surface area contributed by atoms with Crippen molar-refractivity contribution in [2.24, 2.45) is 0 Å². The minimum atomic E-state index is -3.68. The van der Waals surface area contributed by atoms with Gasteiger partial charge in [-0.3, -0.25) is 0 Å². The molecule has 0 radical (unpaired) electrons. The molecular formula is C20H16F3NO3S. The zero-order valence-corrected chi connectivity index (χ0v) is 15.5. The van der Waals surface area contributed by atoms with Crippen molar-refractivity contribution < 1.29 is 26.3 Å². The van der Waals surface area contributed by atoms with E-state index in [2.05, 4.69) is 0 Å². The lowest BCUT2D eigenvalue weighted by molar-refractivity contribution is 0.0125. The minimum absolute atomic E-state index is 0.0106. The van der Waals surface area contributed by atoms with Crippen molar-refractivity contribution in [1.82, 2.24) is 0 Å².